The largest absolute Gasteiger partial charge is 0.0839 e. The topological polar surface area (TPSA) is 0 Å². The predicted molar refractivity (Wildman–Crippen MR) is 198 cm³/mol. The number of fused-ring (bicyclic) bond motifs is 9. The fourth-order valence-corrected chi connectivity index (χ4v) is 9.64. The van der Waals surface area contributed by atoms with Crippen LogP contribution in [0.25, 0.3) is 33.4 Å². The summed E-state index contributed by atoms with van der Waals surface area (Å²) in [6.45, 7) is 14.4. The molecule has 0 aromatic heterocycles. The monoisotopic (exact) mass is 606 g/mol. The van der Waals surface area contributed by atoms with Gasteiger partial charge in [-0.3, -0.25) is 0 Å². The highest BCUT2D eigenvalue weighted by Crippen LogP contribution is 2.55. The first-order valence-electron chi connectivity index (χ1n) is 17.4. The molecule has 0 saturated carbocycles. The Labute approximate surface area is 280 Å². The first-order valence-corrected chi connectivity index (χ1v) is 17.4. The van der Waals surface area contributed by atoms with E-state index in [0.29, 0.717) is 11.8 Å². The van der Waals surface area contributed by atoms with Gasteiger partial charge in [-0.15, -0.1) is 0 Å². The van der Waals surface area contributed by atoms with Crippen LogP contribution in [0, 0.1) is 23.7 Å². The van der Waals surface area contributed by atoms with Crippen LogP contribution in [0.1, 0.15) is 93.3 Å². The highest BCUT2D eigenvalue weighted by molar-refractivity contribution is 5.86. The molecule has 0 aliphatic heterocycles. The van der Waals surface area contributed by atoms with Crippen molar-refractivity contribution in [1.82, 2.24) is 0 Å². The van der Waals surface area contributed by atoms with Gasteiger partial charge >= 0.3 is 0 Å². The van der Waals surface area contributed by atoms with Crippen molar-refractivity contribution in [2.24, 2.45) is 11.8 Å². The van der Waals surface area contributed by atoms with Crippen molar-refractivity contribution in [2.45, 2.75) is 70.6 Å². The SMILES string of the molecule is CC1(C)c2cc(C#CC3=CC=C4c5ccccc5C(C)(C)C4C3)ccc2-c2ccc(-c3ccc4c(c3)C(C)(C)C3CC=CC=C43)cc21. The van der Waals surface area contributed by atoms with Crippen molar-refractivity contribution < 1.29 is 0 Å². The molecule has 0 fully saturated rings. The van der Waals surface area contributed by atoms with E-state index >= 15 is 0 Å². The van der Waals surface area contributed by atoms with E-state index in [1.54, 1.807) is 0 Å². The number of rotatable bonds is 1. The zero-order valence-corrected chi connectivity index (χ0v) is 28.5. The van der Waals surface area contributed by atoms with E-state index in [9.17, 15) is 0 Å². The summed E-state index contributed by atoms with van der Waals surface area (Å²) in [5.74, 6) is 8.21. The molecule has 0 nitrogen and oxygen atoms in total. The average Bonchev–Trinajstić information content (AvgIpc) is 3.56. The minimum atomic E-state index is -0.0960. The molecular weight excluding hydrogens is 565 g/mol. The second kappa shape index (κ2) is 9.71. The van der Waals surface area contributed by atoms with E-state index in [1.165, 1.54) is 72.4 Å². The molecule has 5 aliphatic rings. The maximum Gasteiger partial charge on any atom is 0.0252 e. The molecule has 230 valence electrons. The summed E-state index contributed by atoms with van der Waals surface area (Å²) in [4.78, 5) is 0. The van der Waals surface area contributed by atoms with Gasteiger partial charge in [0.1, 0.15) is 0 Å². The molecule has 4 aromatic rings. The standard InChI is InChI=1S/C47H42/c1-45(2)39-13-9-7-11-33(39)35-21-17-29(25-41(35)45)15-16-30-18-22-36-38-24-20-32(28-44(38)47(5,6)42(36)26-30)31-19-23-37-34-12-8-10-14-40(34)46(3,4)43(37)27-31/h7-13,17-24,26-28,40-41H,14,25H2,1-6H3. The van der Waals surface area contributed by atoms with Gasteiger partial charge in [-0.1, -0.05) is 138 Å². The summed E-state index contributed by atoms with van der Waals surface area (Å²) in [6.07, 6.45) is 13.6. The van der Waals surface area contributed by atoms with Gasteiger partial charge in [0, 0.05) is 16.6 Å². The molecule has 0 heterocycles. The second-order valence-corrected chi connectivity index (χ2v) is 16.1. The molecule has 5 aliphatic carbocycles. The Morgan fingerprint density at radius 2 is 1.19 bits per heavy atom. The lowest BCUT2D eigenvalue weighted by atomic mass is 9.73. The maximum atomic E-state index is 3.59. The molecule has 47 heavy (non-hydrogen) atoms. The lowest BCUT2D eigenvalue weighted by Crippen LogP contribution is -2.24. The van der Waals surface area contributed by atoms with E-state index in [2.05, 4.69) is 163 Å². The summed E-state index contributed by atoms with van der Waals surface area (Å²) in [5, 5.41) is 0. The van der Waals surface area contributed by atoms with Gasteiger partial charge in [-0.2, -0.15) is 0 Å². The summed E-state index contributed by atoms with van der Waals surface area (Å²) < 4.78 is 0. The molecule has 9 rings (SSSR count). The number of hydrogen-bond donors (Lipinski definition) is 0. The molecule has 4 aromatic carbocycles. The van der Waals surface area contributed by atoms with Crippen LogP contribution in [0.5, 0.6) is 0 Å². The third kappa shape index (κ3) is 4.02. The molecule has 0 bridgehead atoms. The zero-order chi connectivity index (χ0) is 32.3. The maximum absolute atomic E-state index is 3.59. The quantitative estimate of drug-likeness (QED) is 0.189. The number of hydrogen-bond acceptors (Lipinski definition) is 0. The highest BCUT2D eigenvalue weighted by Gasteiger charge is 2.44. The van der Waals surface area contributed by atoms with Gasteiger partial charge in [0.15, 0.2) is 0 Å². The summed E-state index contributed by atoms with van der Waals surface area (Å²) in [7, 11) is 0. The molecule has 0 spiro atoms. The fourth-order valence-electron chi connectivity index (χ4n) is 9.64. The molecular formula is C47H42. The second-order valence-electron chi connectivity index (χ2n) is 16.1. The molecule has 2 unspecified atom stereocenters. The fraction of sp³-hybridized carbons (Fsp3) is 0.277. The van der Waals surface area contributed by atoms with Crippen LogP contribution in [0.15, 0.2) is 115 Å². The third-order valence-corrected chi connectivity index (χ3v) is 12.5. The Hall–Kier alpha value is -4.60. The predicted octanol–water partition coefficient (Wildman–Crippen LogP) is 11.6. The summed E-state index contributed by atoms with van der Waals surface area (Å²) in [5.41, 5.74) is 19.4. The van der Waals surface area contributed by atoms with Crippen molar-refractivity contribution in [1.29, 1.82) is 0 Å². The van der Waals surface area contributed by atoms with Crippen LogP contribution < -0.4 is 0 Å². The molecule has 0 N–H and O–H groups in total. The van der Waals surface area contributed by atoms with E-state index < -0.39 is 0 Å². The van der Waals surface area contributed by atoms with Crippen molar-refractivity contribution in [3.8, 4) is 34.1 Å². The van der Waals surface area contributed by atoms with Crippen LogP contribution in [-0.2, 0) is 16.2 Å². The van der Waals surface area contributed by atoms with Crippen LogP contribution >= 0.6 is 0 Å². The van der Waals surface area contributed by atoms with Gasteiger partial charge in [0.05, 0.1) is 0 Å². The average molecular weight is 607 g/mol. The number of allylic oxidation sites excluding steroid dienone is 8. The van der Waals surface area contributed by atoms with Crippen LogP contribution in [0.4, 0.5) is 0 Å². The van der Waals surface area contributed by atoms with E-state index in [-0.39, 0.29) is 16.2 Å². The van der Waals surface area contributed by atoms with Crippen molar-refractivity contribution in [2.75, 3.05) is 0 Å². The first-order chi connectivity index (χ1) is 22.5. The molecule has 0 saturated heterocycles. The zero-order valence-electron chi connectivity index (χ0n) is 28.5. The highest BCUT2D eigenvalue weighted by atomic mass is 14.5. The smallest absolute Gasteiger partial charge is 0.0252 e. The Bertz CT molecular complexity index is 2230. The van der Waals surface area contributed by atoms with Gasteiger partial charge < -0.3 is 0 Å². The van der Waals surface area contributed by atoms with Crippen LogP contribution in [0.2, 0.25) is 0 Å². The van der Waals surface area contributed by atoms with Gasteiger partial charge in [-0.25, -0.2) is 0 Å². The van der Waals surface area contributed by atoms with Crippen LogP contribution in [-0.4, -0.2) is 0 Å². The Balaban J connectivity index is 1.02. The van der Waals surface area contributed by atoms with Crippen molar-refractivity contribution in [3.63, 3.8) is 0 Å². The van der Waals surface area contributed by atoms with E-state index in [1.807, 2.05) is 0 Å². The minimum Gasteiger partial charge on any atom is -0.0839 e. The van der Waals surface area contributed by atoms with Gasteiger partial charge in [0.2, 0.25) is 0 Å². The minimum absolute atomic E-state index is 0.0960. The molecule has 2 atom stereocenters. The van der Waals surface area contributed by atoms with Crippen molar-refractivity contribution >= 4 is 11.1 Å². The van der Waals surface area contributed by atoms with Gasteiger partial charge in [-0.05, 0) is 127 Å². The normalized spacial score (nSPS) is 22.7. The lowest BCUT2D eigenvalue weighted by Gasteiger charge is -2.30. The molecule has 0 amide bonds. The van der Waals surface area contributed by atoms with E-state index in [4.69, 9.17) is 0 Å². The first kappa shape index (κ1) is 28.6. The summed E-state index contributed by atoms with van der Waals surface area (Å²) >= 11 is 0. The van der Waals surface area contributed by atoms with Crippen LogP contribution in [0.3, 0.4) is 0 Å². The summed E-state index contributed by atoms with van der Waals surface area (Å²) in [6, 6.07) is 30.1. The molecule has 0 heteroatoms. The Morgan fingerprint density at radius 1 is 0.553 bits per heavy atom. The number of benzene rings is 4. The third-order valence-electron chi connectivity index (χ3n) is 12.5. The van der Waals surface area contributed by atoms with E-state index in [0.717, 1.165) is 18.4 Å². The Morgan fingerprint density at radius 3 is 2.00 bits per heavy atom. The lowest BCUT2D eigenvalue weighted by molar-refractivity contribution is 0.411. The Kier molecular flexibility index (Phi) is 5.91. The van der Waals surface area contributed by atoms with Gasteiger partial charge in [0.25, 0.3) is 0 Å². The molecule has 0 radical (unpaired) electrons. The van der Waals surface area contributed by atoms with Crippen molar-refractivity contribution in [3.05, 3.63) is 154 Å².